The van der Waals surface area contributed by atoms with E-state index in [4.69, 9.17) is 14.2 Å². The summed E-state index contributed by atoms with van der Waals surface area (Å²) in [6.45, 7) is 3.75. The molecule has 0 aliphatic carbocycles. The average molecular weight is 322 g/mol. The van der Waals surface area contributed by atoms with Crippen molar-refractivity contribution < 1.29 is 19.0 Å². The van der Waals surface area contributed by atoms with Crippen LogP contribution in [0.1, 0.15) is 12.0 Å². The lowest BCUT2D eigenvalue weighted by molar-refractivity contribution is -0.146. The van der Waals surface area contributed by atoms with Gasteiger partial charge in [0.2, 0.25) is 0 Å². The fourth-order valence-corrected chi connectivity index (χ4v) is 2.59. The second kappa shape index (κ2) is 9.50. The van der Waals surface area contributed by atoms with Gasteiger partial charge in [-0.3, -0.25) is 4.79 Å². The number of benzene rings is 1. The van der Waals surface area contributed by atoms with Crippen LogP contribution in [-0.2, 0) is 20.8 Å². The molecule has 1 heterocycles. The predicted molar refractivity (Wildman–Crippen MR) is 87.5 cm³/mol. The van der Waals surface area contributed by atoms with Crippen molar-refractivity contribution in [1.29, 1.82) is 0 Å². The standard InChI is InChI=1S/C17H26N2O4/c1-21-9-4-8-19(17(20)16-12-18-7-10-23-16)13-14-5-3-6-15(11-14)22-2/h3,5-6,11,16,18H,4,7-10,12-13H2,1-2H3. The molecule has 1 aromatic carbocycles. The molecule has 128 valence electrons. The fraction of sp³-hybridized carbons (Fsp3) is 0.588. The van der Waals surface area contributed by atoms with Gasteiger partial charge in [-0.1, -0.05) is 12.1 Å². The molecule has 6 heteroatoms. The Kier molecular flexibility index (Phi) is 7.32. The van der Waals surface area contributed by atoms with Crippen molar-refractivity contribution in [2.45, 2.75) is 19.1 Å². The number of methoxy groups -OCH3 is 2. The van der Waals surface area contributed by atoms with Crippen LogP contribution in [0.15, 0.2) is 24.3 Å². The third kappa shape index (κ3) is 5.49. The van der Waals surface area contributed by atoms with E-state index in [2.05, 4.69) is 5.32 Å². The molecule has 0 spiro atoms. The molecule has 1 aliphatic heterocycles. The van der Waals surface area contributed by atoms with Gasteiger partial charge in [0.25, 0.3) is 5.91 Å². The van der Waals surface area contributed by atoms with E-state index in [1.54, 1.807) is 14.2 Å². The molecule has 2 rings (SSSR count). The first-order valence-electron chi connectivity index (χ1n) is 7.97. The number of carbonyl (C=O) groups is 1. The number of amides is 1. The molecule has 1 unspecified atom stereocenters. The highest BCUT2D eigenvalue weighted by Crippen LogP contribution is 2.16. The van der Waals surface area contributed by atoms with E-state index in [9.17, 15) is 4.79 Å². The summed E-state index contributed by atoms with van der Waals surface area (Å²) in [4.78, 5) is 14.6. The summed E-state index contributed by atoms with van der Waals surface area (Å²) < 4.78 is 16.0. The zero-order valence-corrected chi connectivity index (χ0v) is 13.9. The Morgan fingerprint density at radius 2 is 2.30 bits per heavy atom. The number of hydrogen-bond acceptors (Lipinski definition) is 5. The maximum absolute atomic E-state index is 12.7. The monoisotopic (exact) mass is 322 g/mol. The average Bonchev–Trinajstić information content (AvgIpc) is 2.61. The molecule has 1 saturated heterocycles. The normalized spacial score (nSPS) is 17.7. The topological polar surface area (TPSA) is 60.0 Å². The van der Waals surface area contributed by atoms with E-state index in [0.717, 1.165) is 24.3 Å². The molecule has 23 heavy (non-hydrogen) atoms. The lowest BCUT2D eigenvalue weighted by atomic mass is 10.1. The first kappa shape index (κ1) is 17.7. The summed E-state index contributed by atoms with van der Waals surface area (Å²) in [5, 5.41) is 3.20. The zero-order valence-electron chi connectivity index (χ0n) is 13.9. The van der Waals surface area contributed by atoms with Gasteiger partial charge in [0.15, 0.2) is 0 Å². The second-order valence-electron chi connectivity index (χ2n) is 5.52. The van der Waals surface area contributed by atoms with Gasteiger partial charge in [-0.2, -0.15) is 0 Å². The van der Waals surface area contributed by atoms with Crippen LogP contribution in [0.5, 0.6) is 5.75 Å². The van der Waals surface area contributed by atoms with Crippen molar-refractivity contribution in [3.8, 4) is 5.75 Å². The van der Waals surface area contributed by atoms with Crippen molar-refractivity contribution in [3.05, 3.63) is 29.8 Å². The minimum atomic E-state index is -0.406. The predicted octanol–water partition coefficient (Wildman–Crippen LogP) is 1.05. The number of nitrogens with zero attached hydrogens (tertiary/aromatic N) is 1. The molecule has 0 radical (unpaired) electrons. The van der Waals surface area contributed by atoms with E-state index < -0.39 is 6.10 Å². The molecule has 0 aromatic heterocycles. The Balaban J connectivity index is 2.04. The molecule has 1 N–H and O–H groups in total. The largest absolute Gasteiger partial charge is 0.497 e. The smallest absolute Gasteiger partial charge is 0.253 e. The second-order valence-corrected chi connectivity index (χ2v) is 5.52. The number of rotatable bonds is 8. The molecule has 1 amide bonds. The van der Waals surface area contributed by atoms with Crippen LogP contribution in [0.3, 0.4) is 0 Å². The summed E-state index contributed by atoms with van der Waals surface area (Å²) in [6.07, 6.45) is 0.392. The van der Waals surface area contributed by atoms with Crippen LogP contribution in [0, 0.1) is 0 Å². The minimum Gasteiger partial charge on any atom is -0.497 e. The summed E-state index contributed by atoms with van der Waals surface area (Å²) in [6, 6.07) is 7.79. The van der Waals surface area contributed by atoms with Gasteiger partial charge < -0.3 is 24.4 Å². The molecule has 1 aliphatic rings. The summed E-state index contributed by atoms with van der Waals surface area (Å²) in [5.41, 5.74) is 1.04. The number of ether oxygens (including phenoxy) is 3. The maximum atomic E-state index is 12.7. The fourth-order valence-electron chi connectivity index (χ4n) is 2.59. The minimum absolute atomic E-state index is 0.0242. The molecule has 6 nitrogen and oxygen atoms in total. The van der Waals surface area contributed by atoms with Crippen molar-refractivity contribution in [2.24, 2.45) is 0 Å². The van der Waals surface area contributed by atoms with Crippen molar-refractivity contribution >= 4 is 5.91 Å². The highest BCUT2D eigenvalue weighted by atomic mass is 16.5. The molecular weight excluding hydrogens is 296 g/mol. The van der Waals surface area contributed by atoms with E-state index >= 15 is 0 Å². The number of carbonyl (C=O) groups excluding carboxylic acids is 1. The Morgan fingerprint density at radius 3 is 3.00 bits per heavy atom. The first-order valence-corrected chi connectivity index (χ1v) is 7.97. The molecule has 0 bridgehead atoms. The van der Waals surface area contributed by atoms with E-state index in [1.165, 1.54) is 0 Å². The lowest BCUT2D eigenvalue weighted by Crippen LogP contribution is -2.49. The Labute approximate surface area is 137 Å². The van der Waals surface area contributed by atoms with Gasteiger partial charge in [0, 0.05) is 39.9 Å². The van der Waals surface area contributed by atoms with Crippen LogP contribution in [0.4, 0.5) is 0 Å². The molecular formula is C17H26N2O4. The number of nitrogens with one attached hydrogen (secondary N) is 1. The number of morpholine rings is 1. The maximum Gasteiger partial charge on any atom is 0.253 e. The van der Waals surface area contributed by atoms with E-state index in [-0.39, 0.29) is 5.91 Å². The quantitative estimate of drug-likeness (QED) is 0.725. The van der Waals surface area contributed by atoms with Crippen LogP contribution in [0.25, 0.3) is 0 Å². The Bertz CT molecular complexity index is 489. The SMILES string of the molecule is COCCCN(Cc1cccc(OC)c1)C(=O)C1CNCCO1. The van der Waals surface area contributed by atoms with Crippen molar-refractivity contribution in [3.63, 3.8) is 0 Å². The van der Waals surface area contributed by atoms with Crippen LogP contribution >= 0.6 is 0 Å². The van der Waals surface area contributed by atoms with Crippen LogP contribution in [0.2, 0.25) is 0 Å². The van der Waals surface area contributed by atoms with Gasteiger partial charge in [0.05, 0.1) is 13.7 Å². The van der Waals surface area contributed by atoms with Gasteiger partial charge in [0.1, 0.15) is 11.9 Å². The third-order valence-electron chi connectivity index (χ3n) is 3.80. The van der Waals surface area contributed by atoms with Gasteiger partial charge in [-0.25, -0.2) is 0 Å². The first-order chi connectivity index (χ1) is 11.2. The van der Waals surface area contributed by atoms with Gasteiger partial charge in [-0.15, -0.1) is 0 Å². The van der Waals surface area contributed by atoms with Crippen LogP contribution < -0.4 is 10.1 Å². The van der Waals surface area contributed by atoms with Crippen molar-refractivity contribution in [1.82, 2.24) is 10.2 Å². The van der Waals surface area contributed by atoms with Crippen LogP contribution in [-0.4, -0.2) is 64.0 Å². The third-order valence-corrected chi connectivity index (χ3v) is 3.80. The highest BCUT2D eigenvalue weighted by molar-refractivity contribution is 5.81. The lowest BCUT2D eigenvalue weighted by Gasteiger charge is -2.30. The van der Waals surface area contributed by atoms with E-state index in [0.29, 0.717) is 32.8 Å². The summed E-state index contributed by atoms with van der Waals surface area (Å²) >= 11 is 0. The van der Waals surface area contributed by atoms with E-state index in [1.807, 2.05) is 29.2 Å². The highest BCUT2D eigenvalue weighted by Gasteiger charge is 2.26. The Hall–Kier alpha value is -1.63. The van der Waals surface area contributed by atoms with Gasteiger partial charge in [-0.05, 0) is 24.1 Å². The summed E-state index contributed by atoms with van der Waals surface area (Å²) in [7, 11) is 3.31. The van der Waals surface area contributed by atoms with Gasteiger partial charge >= 0.3 is 0 Å². The van der Waals surface area contributed by atoms with Crippen molar-refractivity contribution in [2.75, 3.05) is 47.1 Å². The molecule has 1 aromatic rings. The molecule has 0 saturated carbocycles. The Morgan fingerprint density at radius 1 is 1.43 bits per heavy atom. The zero-order chi connectivity index (χ0) is 16.5. The summed E-state index contributed by atoms with van der Waals surface area (Å²) in [5.74, 6) is 0.818. The molecule has 1 fully saturated rings. The molecule has 1 atom stereocenters. The number of hydrogen-bond donors (Lipinski definition) is 1.